The van der Waals surface area contributed by atoms with E-state index in [0.717, 1.165) is 16.8 Å². The highest BCUT2D eigenvalue weighted by atomic mass is 32.2. The molecule has 2 aromatic carbocycles. The largest absolute Gasteiger partial charge is 0.385 e. The number of halogens is 1. The summed E-state index contributed by atoms with van der Waals surface area (Å²) in [5.41, 5.74) is 8.61. The average Bonchev–Trinajstić information content (AvgIpc) is 3.40. The van der Waals surface area contributed by atoms with Crippen molar-refractivity contribution in [3.8, 4) is 0 Å². The number of sulfonamides is 1. The van der Waals surface area contributed by atoms with Gasteiger partial charge in [-0.05, 0) is 41.3 Å². The van der Waals surface area contributed by atoms with E-state index in [0.29, 0.717) is 26.2 Å². The highest BCUT2D eigenvalue weighted by Crippen LogP contribution is 2.35. The van der Waals surface area contributed by atoms with Gasteiger partial charge in [0.25, 0.3) is 10.0 Å². The fraction of sp³-hybridized carbons (Fsp3) is 0.318. The molecule has 7 nitrogen and oxygen atoms in total. The van der Waals surface area contributed by atoms with Crippen LogP contribution in [0.4, 0.5) is 10.1 Å². The molecule has 2 heterocycles. The molecule has 1 aliphatic heterocycles. The fourth-order valence-electron chi connectivity index (χ4n) is 4.03. The Hall–Kier alpha value is -2.75. The van der Waals surface area contributed by atoms with Gasteiger partial charge in [-0.25, -0.2) is 17.8 Å². The number of hydrogen-bond acceptors (Lipinski definition) is 5. The van der Waals surface area contributed by atoms with Gasteiger partial charge in [0, 0.05) is 51.0 Å². The van der Waals surface area contributed by atoms with Gasteiger partial charge in [0.2, 0.25) is 0 Å². The fourth-order valence-corrected chi connectivity index (χ4v) is 5.52. The Morgan fingerprint density at radius 2 is 1.97 bits per heavy atom. The first-order valence-electron chi connectivity index (χ1n) is 10.1. The Bertz CT molecular complexity index is 1150. The molecule has 4 rings (SSSR count). The zero-order valence-corrected chi connectivity index (χ0v) is 18.1. The monoisotopic (exact) mass is 443 g/mol. The Balaban J connectivity index is 1.58. The lowest BCUT2D eigenvalue weighted by molar-refractivity contribution is 0.459. The lowest BCUT2D eigenvalue weighted by Gasteiger charge is -2.20. The van der Waals surface area contributed by atoms with Crippen LogP contribution in [0, 0.1) is 11.7 Å². The van der Waals surface area contributed by atoms with E-state index in [1.54, 1.807) is 23.7 Å². The number of aryl methyl sites for hydroxylation is 1. The van der Waals surface area contributed by atoms with Crippen LogP contribution in [0.2, 0.25) is 0 Å². The van der Waals surface area contributed by atoms with Crippen molar-refractivity contribution in [2.75, 3.05) is 25.0 Å². The van der Waals surface area contributed by atoms with Gasteiger partial charge in [0.1, 0.15) is 5.82 Å². The number of nitrogens with two attached hydrogens (primary N) is 1. The second-order valence-electron chi connectivity index (χ2n) is 7.90. The highest BCUT2D eigenvalue weighted by Gasteiger charge is 2.40. The Morgan fingerprint density at radius 3 is 2.65 bits per heavy atom. The standard InChI is InChI=1S/C22H26FN5O2S/c1-27-14-22(26-15-27)31(29,30)28-12-18(11-25-20-4-2-3-16(9-20)10-24)21(13-28)17-5-7-19(23)8-6-17/h2-9,14-15,18,21,25H,10-13,24H2,1H3/t18-,21+/m0/s1. The minimum atomic E-state index is -3.71. The third kappa shape index (κ3) is 4.63. The van der Waals surface area contributed by atoms with E-state index in [1.165, 1.54) is 29.0 Å². The summed E-state index contributed by atoms with van der Waals surface area (Å²) in [5.74, 6) is -0.372. The summed E-state index contributed by atoms with van der Waals surface area (Å²) < 4.78 is 42.8. The third-order valence-electron chi connectivity index (χ3n) is 5.72. The zero-order chi connectivity index (χ0) is 22.0. The number of benzene rings is 2. The van der Waals surface area contributed by atoms with Crippen molar-refractivity contribution < 1.29 is 12.8 Å². The molecule has 1 aliphatic rings. The van der Waals surface area contributed by atoms with Crippen LogP contribution in [0.1, 0.15) is 17.0 Å². The molecule has 3 N–H and O–H groups in total. The predicted molar refractivity (Wildman–Crippen MR) is 117 cm³/mol. The second kappa shape index (κ2) is 8.78. The van der Waals surface area contributed by atoms with E-state index in [4.69, 9.17) is 5.73 Å². The maximum Gasteiger partial charge on any atom is 0.262 e. The molecule has 0 bridgehead atoms. The Kier molecular flexibility index (Phi) is 6.08. The average molecular weight is 444 g/mol. The van der Waals surface area contributed by atoms with Gasteiger partial charge < -0.3 is 15.6 Å². The van der Waals surface area contributed by atoms with Crippen molar-refractivity contribution in [3.63, 3.8) is 0 Å². The van der Waals surface area contributed by atoms with Gasteiger partial charge >= 0.3 is 0 Å². The molecule has 0 unspecified atom stereocenters. The van der Waals surface area contributed by atoms with Crippen LogP contribution in [-0.2, 0) is 23.6 Å². The first-order chi connectivity index (χ1) is 14.9. The van der Waals surface area contributed by atoms with Crippen LogP contribution < -0.4 is 11.1 Å². The van der Waals surface area contributed by atoms with E-state index < -0.39 is 10.0 Å². The van der Waals surface area contributed by atoms with Gasteiger partial charge in [-0.2, -0.15) is 4.31 Å². The van der Waals surface area contributed by atoms with Gasteiger partial charge in [-0.1, -0.05) is 24.3 Å². The summed E-state index contributed by atoms with van der Waals surface area (Å²) in [7, 11) is -1.97. The Morgan fingerprint density at radius 1 is 1.19 bits per heavy atom. The first kappa shape index (κ1) is 21.5. The van der Waals surface area contributed by atoms with Crippen molar-refractivity contribution >= 4 is 15.7 Å². The van der Waals surface area contributed by atoms with Crippen LogP contribution in [0.25, 0.3) is 0 Å². The topological polar surface area (TPSA) is 93.2 Å². The number of rotatable bonds is 7. The molecule has 0 radical (unpaired) electrons. The summed E-state index contributed by atoms with van der Waals surface area (Å²) in [6.07, 6.45) is 2.98. The van der Waals surface area contributed by atoms with Crippen LogP contribution in [0.15, 0.2) is 66.1 Å². The lowest BCUT2D eigenvalue weighted by atomic mass is 9.89. The second-order valence-corrected chi connectivity index (χ2v) is 9.79. The number of anilines is 1. The molecule has 1 fully saturated rings. The van der Waals surface area contributed by atoms with Crippen molar-refractivity contribution in [1.29, 1.82) is 0 Å². The molecular weight excluding hydrogens is 417 g/mol. The van der Waals surface area contributed by atoms with E-state index in [1.807, 2.05) is 24.3 Å². The van der Waals surface area contributed by atoms with Crippen molar-refractivity contribution in [2.45, 2.75) is 17.5 Å². The zero-order valence-electron chi connectivity index (χ0n) is 17.3. The van der Waals surface area contributed by atoms with Gasteiger partial charge in [-0.15, -0.1) is 0 Å². The van der Waals surface area contributed by atoms with Crippen molar-refractivity contribution in [1.82, 2.24) is 13.9 Å². The SMILES string of the molecule is Cn1cnc(S(=O)(=O)N2C[C@H](CNc3cccc(CN)c3)[C@@H](c3ccc(F)cc3)C2)c1. The molecule has 1 aromatic heterocycles. The van der Waals surface area contributed by atoms with Crippen LogP contribution >= 0.6 is 0 Å². The minimum absolute atomic E-state index is 0.00508. The predicted octanol–water partition coefficient (Wildman–Crippen LogP) is 2.53. The number of hydrogen-bond donors (Lipinski definition) is 2. The van der Waals surface area contributed by atoms with Gasteiger partial charge in [0.05, 0.1) is 6.33 Å². The summed E-state index contributed by atoms with van der Waals surface area (Å²) in [4.78, 5) is 4.04. The number of nitrogens with zero attached hydrogens (tertiary/aromatic N) is 3. The summed E-state index contributed by atoms with van der Waals surface area (Å²) in [6, 6.07) is 14.2. The van der Waals surface area contributed by atoms with Crippen molar-refractivity contribution in [3.05, 3.63) is 78.0 Å². The molecule has 2 atom stereocenters. The quantitative estimate of drug-likeness (QED) is 0.585. The first-order valence-corrected chi connectivity index (χ1v) is 11.6. The van der Waals surface area contributed by atoms with E-state index in [-0.39, 0.29) is 22.7 Å². The van der Waals surface area contributed by atoms with Gasteiger partial charge in [-0.3, -0.25) is 0 Å². The molecule has 0 saturated carbocycles. The normalized spacial score (nSPS) is 19.6. The molecule has 1 saturated heterocycles. The van der Waals surface area contributed by atoms with E-state index in [9.17, 15) is 12.8 Å². The molecule has 0 spiro atoms. The number of imidazole rings is 1. The minimum Gasteiger partial charge on any atom is -0.385 e. The van der Waals surface area contributed by atoms with Gasteiger partial charge in [0.15, 0.2) is 5.03 Å². The lowest BCUT2D eigenvalue weighted by Crippen LogP contribution is -2.30. The molecule has 9 heteroatoms. The van der Waals surface area contributed by atoms with Crippen LogP contribution in [0.3, 0.4) is 0 Å². The summed E-state index contributed by atoms with van der Waals surface area (Å²) >= 11 is 0. The third-order valence-corrected chi connectivity index (χ3v) is 7.44. The Labute approximate surface area is 181 Å². The highest BCUT2D eigenvalue weighted by molar-refractivity contribution is 7.89. The maximum atomic E-state index is 13.5. The smallest absolute Gasteiger partial charge is 0.262 e. The molecule has 164 valence electrons. The van der Waals surface area contributed by atoms with E-state index >= 15 is 0 Å². The maximum absolute atomic E-state index is 13.5. The molecular formula is C22H26FN5O2S. The molecule has 31 heavy (non-hydrogen) atoms. The van der Waals surface area contributed by atoms with Crippen molar-refractivity contribution in [2.24, 2.45) is 18.7 Å². The summed E-state index contributed by atoms with van der Waals surface area (Å²) in [5, 5.41) is 3.46. The molecule has 0 amide bonds. The summed E-state index contributed by atoms with van der Waals surface area (Å²) in [6.45, 7) is 1.70. The van der Waals surface area contributed by atoms with Crippen LogP contribution in [-0.4, -0.2) is 41.9 Å². The number of nitrogens with one attached hydrogen (secondary N) is 1. The molecule has 3 aromatic rings. The van der Waals surface area contributed by atoms with E-state index in [2.05, 4.69) is 10.3 Å². The number of aromatic nitrogens is 2. The van der Waals surface area contributed by atoms with Crippen LogP contribution in [0.5, 0.6) is 0 Å². The molecule has 0 aliphatic carbocycles.